The number of nitrogens with zero attached hydrogens (tertiary/aromatic N) is 5. The van der Waals surface area contributed by atoms with E-state index in [1.165, 1.54) is 4.68 Å². The largest absolute Gasteiger partial charge is 0.494 e. The number of anilines is 1. The van der Waals surface area contributed by atoms with Crippen molar-refractivity contribution in [1.82, 2.24) is 14.6 Å². The summed E-state index contributed by atoms with van der Waals surface area (Å²) in [6, 6.07) is 17.0. The molecule has 0 saturated carbocycles. The average molecular weight is 612 g/mol. The van der Waals surface area contributed by atoms with Gasteiger partial charge in [0.2, 0.25) is 0 Å². The fourth-order valence-corrected chi connectivity index (χ4v) is 5.27. The summed E-state index contributed by atoms with van der Waals surface area (Å²) >= 11 is 0. The van der Waals surface area contributed by atoms with Gasteiger partial charge < -0.3 is 24.0 Å². The molecular weight excluding hydrogens is 570 g/mol. The maximum atomic E-state index is 13.9. The van der Waals surface area contributed by atoms with Crippen LogP contribution in [0.3, 0.4) is 0 Å². The summed E-state index contributed by atoms with van der Waals surface area (Å²) in [5.41, 5.74) is 4.54. The summed E-state index contributed by atoms with van der Waals surface area (Å²) in [4.78, 5) is 35.4. The van der Waals surface area contributed by atoms with Gasteiger partial charge in [0, 0.05) is 50.1 Å². The van der Waals surface area contributed by atoms with Crippen molar-refractivity contribution in [2.24, 2.45) is 5.10 Å². The molecule has 45 heavy (non-hydrogen) atoms. The lowest BCUT2D eigenvalue weighted by Gasteiger charge is -2.27. The third kappa shape index (κ3) is 7.01. The van der Waals surface area contributed by atoms with Crippen molar-refractivity contribution in [2.45, 2.75) is 33.6 Å². The summed E-state index contributed by atoms with van der Waals surface area (Å²) in [5.74, 6) is 1.80. The Bertz CT molecular complexity index is 1770. The fraction of sp³-hybridized carbons (Fsp3) is 0.371. The van der Waals surface area contributed by atoms with Crippen LogP contribution in [0.15, 0.2) is 64.5 Å². The minimum Gasteiger partial charge on any atom is -0.494 e. The number of rotatable bonds is 10. The van der Waals surface area contributed by atoms with Crippen molar-refractivity contribution in [3.8, 4) is 22.9 Å². The van der Waals surface area contributed by atoms with Gasteiger partial charge in [0.25, 0.3) is 11.5 Å². The van der Waals surface area contributed by atoms with Gasteiger partial charge in [-0.15, -0.1) is 0 Å². The van der Waals surface area contributed by atoms with E-state index in [0.717, 1.165) is 28.1 Å². The van der Waals surface area contributed by atoms with E-state index in [4.69, 9.17) is 24.3 Å². The predicted octanol–water partition coefficient (Wildman–Crippen LogP) is 5.08. The minimum absolute atomic E-state index is 0.111. The Kier molecular flexibility index (Phi) is 9.83. The minimum atomic E-state index is -0.291. The summed E-state index contributed by atoms with van der Waals surface area (Å²) in [5, 5.41) is 5.17. The van der Waals surface area contributed by atoms with Gasteiger partial charge in [-0.1, -0.05) is 26.0 Å². The normalized spacial score (nSPS) is 13.5. The number of amides is 1. The highest BCUT2D eigenvalue weighted by atomic mass is 16.5. The molecular formula is C35H41N5O5. The highest BCUT2D eigenvalue weighted by molar-refractivity contribution is 5.86. The van der Waals surface area contributed by atoms with Gasteiger partial charge in [-0.3, -0.25) is 9.59 Å². The third-order valence-electron chi connectivity index (χ3n) is 7.81. The number of aryl methyl sites for hydroxylation is 1. The molecule has 4 aromatic rings. The van der Waals surface area contributed by atoms with E-state index in [1.54, 1.807) is 17.2 Å². The quantitative estimate of drug-likeness (QED) is 0.231. The molecule has 0 unspecified atom stereocenters. The number of fused-ring (bicyclic) bond motifs is 1. The van der Waals surface area contributed by atoms with E-state index in [-0.39, 0.29) is 24.0 Å². The van der Waals surface area contributed by atoms with Crippen LogP contribution >= 0.6 is 0 Å². The Morgan fingerprint density at radius 1 is 1.07 bits per heavy atom. The number of hydrogen-bond acceptors (Lipinski definition) is 8. The summed E-state index contributed by atoms with van der Waals surface area (Å²) in [6.07, 6.45) is 1.59. The van der Waals surface area contributed by atoms with Gasteiger partial charge >= 0.3 is 0 Å². The molecule has 1 aromatic heterocycles. The highest BCUT2D eigenvalue weighted by Crippen LogP contribution is 2.34. The number of morpholine rings is 1. The first-order valence-electron chi connectivity index (χ1n) is 15.3. The molecule has 5 rings (SSSR count). The highest BCUT2D eigenvalue weighted by Gasteiger charge is 2.20. The summed E-state index contributed by atoms with van der Waals surface area (Å²) < 4.78 is 18.7. The van der Waals surface area contributed by atoms with Gasteiger partial charge in [-0.25, -0.2) is 4.98 Å². The molecule has 2 heterocycles. The molecule has 0 atom stereocenters. The van der Waals surface area contributed by atoms with Crippen LogP contribution in [0.4, 0.5) is 5.69 Å². The molecule has 0 aliphatic carbocycles. The zero-order valence-electron chi connectivity index (χ0n) is 26.9. The molecule has 10 nitrogen and oxygen atoms in total. The molecule has 236 valence electrons. The molecule has 1 aliphatic heterocycles. The number of carbonyl (C=O) groups is 1. The fourth-order valence-electron chi connectivity index (χ4n) is 5.27. The number of para-hydroxylation sites is 1. The average Bonchev–Trinajstić information content (AvgIpc) is 3.04. The number of hydrogen-bond donors (Lipinski definition) is 0. The van der Waals surface area contributed by atoms with Crippen molar-refractivity contribution in [1.29, 1.82) is 0 Å². The molecule has 0 spiro atoms. The first-order chi connectivity index (χ1) is 21.7. The van der Waals surface area contributed by atoms with Gasteiger partial charge in [0.05, 0.1) is 36.9 Å². The molecule has 1 aliphatic rings. The maximum Gasteiger partial charge on any atom is 0.282 e. The second kappa shape index (κ2) is 13.9. The van der Waals surface area contributed by atoms with Gasteiger partial charge in [-0.05, 0) is 67.3 Å². The van der Waals surface area contributed by atoms with Gasteiger partial charge in [0.15, 0.2) is 12.4 Å². The van der Waals surface area contributed by atoms with E-state index in [1.807, 2.05) is 81.4 Å². The first kappa shape index (κ1) is 31.7. The summed E-state index contributed by atoms with van der Waals surface area (Å²) in [7, 11) is 3.87. The zero-order valence-corrected chi connectivity index (χ0v) is 26.9. The van der Waals surface area contributed by atoms with Crippen LogP contribution in [0.2, 0.25) is 0 Å². The van der Waals surface area contributed by atoms with Crippen molar-refractivity contribution in [3.63, 3.8) is 0 Å². The van der Waals surface area contributed by atoms with Crippen LogP contribution in [0, 0.1) is 6.92 Å². The smallest absolute Gasteiger partial charge is 0.282 e. The SMILES string of the molecule is CCOc1cc(C)c(-c2nc3ccccc3c(=O)n2N=Cc2ccc(N(C)C)cc2OCC(=O)N2CCOCC2)cc1C(C)C. The number of benzene rings is 3. The molecule has 0 radical (unpaired) electrons. The van der Waals surface area contributed by atoms with E-state index in [9.17, 15) is 9.59 Å². The van der Waals surface area contributed by atoms with Crippen LogP contribution in [0.5, 0.6) is 11.5 Å². The van der Waals surface area contributed by atoms with Crippen LogP contribution in [-0.4, -0.2) is 80.3 Å². The molecule has 1 saturated heterocycles. The lowest BCUT2D eigenvalue weighted by molar-refractivity contribution is -0.137. The Morgan fingerprint density at radius 2 is 1.82 bits per heavy atom. The molecule has 0 bridgehead atoms. The number of ether oxygens (including phenoxy) is 3. The predicted molar refractivity (Wildman–Crippen MR) is 178 cm³/mol. The van der Waals surface area contributed by atoms with E-state index < -0.39 is 0 Å². The number of aromatic nitrogens is 2. The van der Waals surface area contributed by atoms with Crippen molar-refractivity contribution in [3.05, 3.63) is 81.6 Å². The van der Waals surface area contributed by atoms with Crippen LogP contribution in [0.1, 0.15) is 43.4 Å². The van der Waals surface area contributed by atoms with Crippen LogP contribution < -0.4 is 19.9 Å². The van der Waals surface area contributed by atoms with Crippen molar-refractivity contribution in [2.75, 3.05) is 58.5 Å². The Morgan fingerprint density at radius 3 is 2.53 bits per heavy atom. The van der Waals surface area contributed by atoms with E-state index >= 15 is 0 Å². The van der Waals surface area contributed by atoms with Crippen LogP contribution in [0.25, 0.3) is 22.3 Å². The van der Waals surface area contributed by atoms with Crippen LogP contribution in [-0.2, 0) is 9.53 Å². The molecule has 10 heteroatoms. The molecule has 3 aromatic carbocycles. The van der Waals surface area contributed by atoms with E-state index in [0.29, 0.717) is 61.0 Å². The van der Waals surface area contributed by atoms with Gasteiger partial charge in [0.1, 0.15) is 11.5 Å². The standard InChI is InChI=1S/C35H41N5O5/c1-7-44-32-18-24(4)29(20-28(32)23(2)3)34-37-30-11-9-8-10-27(30)35(42)40(34)36-21-25-12-13-26(38(5)6)19-31(25)45-22-33(41)39-14-16-43-17-15-39/h8-13,18-21,23H,7,14-17,22H2,1-6H3. The number of carbonyl (C=O) groups excluding carboxylic acids is 1. The second-order valence-electron chi connectivity index (χ2n) is 11.5. The Hall–Kier alpha value is -4.70. The lowest BCUT2D eigenvalue weighted by atomic mass is 9.96. The third-order valence-corrected chi connectivity index (χ3v) is 7.81. The Labute approximate surface area is 263 Å². The second-order valence-corrected chi connectivity index (χ2v) is 11.5. The first-order valence-corrected chi connectivity index (χ1v) is 15.3. The zero-order chi connectivity index (χ0) is 32.1. The molecule has 0 N–H and O–H groups in total. The lowest BCUT2D eigenvalue weighted by Crippen LogP contribution is -2.43. The van der Waals surface area contributed by atoms with E-state index in [2.05, 4.69) is 13.8 Å². The van der Waals surface area contributed by atoms with Crippen molar-refractivity contribution < 1.29 is 19.0 Å². The summed E-state index contributed by atoms with van der Waals surface area (Å²) in [6.45, 7) is 10.7. The molecule has 1 fully saturated rings. The monoisotopic (exact) mass is 611 g/mol. The maximum absolute atomic E-state index is 13.9. The Balaban J connectivity index is 1.60. The topological polar surface area (TPSA) is 98.5 Å². The van der Waals surface area contributed by atoms with Gasteiger partial charge in [-0.2, -0.15) is 9.78 Å². The molecule has 1 amide bonds. The van der Waals surface area contributed by atoms with Crippen molar-refractivity contribution >= 4 is 28.7 Å².